The molecule has 3 heteroatoms. The van der Waals surface area contributed by atoms with Crippen LogP contribution in [0.15, 0.2) is 24.3 Å². The molecule has 106 valence electrons. The quantitative estimate of drug-likeness (QED) is 0.860. The number of methoxy groups -OCH3 is 1. The number of rotatable bonds is 6. The summed E-state index contributed by atoms with van der Waals surface area (Å²) in [5, 5.41) is 4.57. The molecular weight excluding hydrogens is 254 g/mol. The van der Waals surface area contributed by atoms with Crippen molar-refractivity contribution in [2.75, 3.05) is 13.4 Å². The van der Waals surface area contributed by atoms with Crippen LogP contribution in [0.5, 0.6) is 0 Å². The first-order chi connectivity index (χ1) is 9.31. The van der Waals surface area contributed by atoms with Gasteiger partial charge in [0.15, 0.2) is 0 Å². The van der Waals surface area contributed by atoms with E-state index >= 15 is 0 Å². The minimum Gasteiger partial charge on any atom is -0.380 e. The molecule has 0 amide bonds. The molecule has 19 heavy (non-hydrogen) atoms. The fourth-order valence-electron chi connectivity index (χ4n) is 2.73. The van der Waals surface area contributed by atoms with Crippen molar-refractivity contribution in [3.63, 3.8) is 0 Å². The molecule has 0 radical (unpaired) electrons. The van der Waals surface area contributed by atoms with Crippen molar-refractivity contribution < 1.29 is 4.74 Å². The average molecular weight is 279 g/mol. The van der Waals surface area contributed by atoms with Crippen molar-refractivity contribution in [1.82, 2.24) is 5.32 Å². The van der Waals surface area contributed by atoms with Crippen LogP contribution in [-0.2, 0) is 17.9 Å². The van der Waals surface area contributed by atoms with E-state index in [1.807, 2.05) is 11.8 Å². The Morgan fingerprint density at radius 2 is 1.95 bits per heavy atom. The summed E-state index contributed by atoms with van der Waals surface area (Å²) in [7, 11) is 1.74. The van der Waals surface area contributed by atoms with E-state index in [2.05, 4.69) is 35.8 Å². The van der Waals surface area contributed by atoms with Gasteiger partial charge in [-0.05, 0) is 36.6 Å². The van der Waals surface area contributed by atoms with Crippen LogP contribution in [-0.4, -0.2) is 24.7 Å². The molecule has 0 bridgehead atoms. The summed E-state index contributed by atoms with van der Waals surface area (Å²) in [5.41, 5.74) is 2.61. The molecule has 0 heterocycles. The first-order valence-corrected chi connectivity index (χ1v) is 8.43. The van der Waals surface area contributed by atoms with Crippen molar-refractivity contribution in [3.8, 4) is 0 Å². The van der Waals surface area contributed by atoms with E-state index < -0.39 is 0 Å². The van der Waals surface area contributed by atoms with E-state index in [0.717, 1.165) is 11.8 Å². The Balaban J connectivity index is 1.78. The highest BCUT2D eigenvalue weighted by Crippen LogP contribution is 2.27. The zero-order valence-electron chi connectivity index (χ0n) is 12.0. The number of ether oxygens (including phenoxy) is 1. The molecule has 1 aromatic carbocycles. The number of hydrogen-bond donors (Lipinski definition) is 1. The first kappa shape index (κ1) is 14.9. The van der Waals surface area contributed by atoms with Crippen LogP contribution in [0.4, 0.5) is 0 Å². The van der Waals surface area contributed by atoms with E-state index in [9.17, 15) is 0 Å². The molecule has 0 saturated heterocycles. The van der Waals surface area contributed by atoms with Gasteiger partial charge in [0.05, 0.1) is 6.61 Å². The molecular formula is C16H25NOS. The lowest BCUT2D eigenvalue weighted by Gasteiger charge is -2.28. The second-order valence-corrected chi connectivity index (χ2v) is 6.49. The largest absolute Gasteiger partial charge is 0.380 e. The van der Waals surface area contributed by atoms with Gasteiger partial charge in [-0.3, -0.25) is 0 Å². The molecule has 1 fully saturated rings. The van der Waals surface area contributed by atoms with Crippen molar-refractivity contribution >= 4 is 11.8 Å². The van der Waals surface area contributed by atoms with Gasteiger partial charge in [-0.2, -0.15) is 11.8 Å². The van der Waals surface area contributed by atoms with Gasteiger partial charge in [0, 0.05) is 24.9 Å². The van der Waals surface area contributed by atoms with Crippen LogP contribution in [0.3, 0.4) is 0 Å². The number of nitrogens with one attached hydrogen (secondary N) is 1. The van der Waals surface area contributed by atoms with Gasteiger partial charge in [0.25, 0.3) is 0 Å². The fourth-order valence-corrected chi connectivity index (χ4v) is 3.55. The van der Waals surface area contributed by atoms with Crippen LogP contribution >= 0.6 is 11.8 Å². The Labute approximate surface area is 121 Å². The zero-order valence-corrected chi connectivity index (χ0v) is 12.8. The molecule has 1 aliphatic carbocycles. The molecule has 0 aromatic heterocycles. The van der Waals surface area contributed by atoms with E-state index in [-0.39, 0.29) is 0 Å². The molecule has 1 aliphatic rings. The Hall–Kier alpha value is -0.510. The molecule has 0 spiro atoms. The van der Waals surface area contributed by atoms with E-state index in [1.165, 1.54) is 36.8 Å². The predicted octanol–water partition coefficient (Wildman–Crippen LogP) is 3.60. The van der Waals surface area contributed by atoms with Crippen LogP contribution in [0, 0.1) is 0 Å². The van der Waals surface area contributed by atoms with Gasteiger partial charge >= 0.3 is 0 Å². The molecule has 0 aliphatic heterocycles. The second-order valence-electron chi connectivity index (χ2n) is 5.35. The molecule has 2 nitrogen and oxygen atoms in total. The maximum Gasteiger partial charge on any atom is 0.0713 e. The normalized spacial score (nSPS) is 23.5. The maximum absolute atomic E-state index is 5.13. The lowest BCUT2D eigenvalue weighted by atomic mass is 9.95. The monoisotopic (exact) mass is 279 g/mol. The third kappa shape index (κ3) is 4.83. The molecule has 1 aromatic rings. The van der Waals surface area contributed by atoms with Gasteiger partial charge < -0.3 is 10.1 Å². The summed E-state index contributed by atoms with van der Waals surface area (Å²) in [5.74, 6) is 0. The minimum atomic E-state index is 0.699. The Morgan fingerprint density at radius 3 is 2.63 bits per heavy atom. The predicted molar refractivity (Wildman–Crippen MR) is 83.6 cm³/mol. The van der Waals surface area contributed by atoms with E-state index in [0.29, 0.717) is 12.6 Å². The van der Waals surface area contributed by atoms with Crippen LogP contribution in [0.25, 0.3) is 0 Å². The first-order valence-electron chi connectivity index (χ1n) is 7.14. The molecule has 2 atom stereocenters. The fraction of sp³-hybridized carbons (Fsp3) is 0.625. The number of hydrogen-bond acceptors (Lipinski definition) is 3. The van der Waals surface area contributed by atoms with E-state index in [1.54, 1.807) is 7.11 Å². The van der Waals surface area contributed by atoms with Gasteiger partial charge in [-0.15, -0.1) is 0 Å². The Morgan fingerprint density at radius 1 is 1.21 bits per heavy atom. The number of benzene rings is 1. The topological polar surface area (TPSA) is 21.3 Å². The van der Waals surface area contributed by atoms with Crippen LogP contribution in [0.1, 0.15) is 36.8 Å². The van der Waals surface area contributed by atoms with Crippen LogP contribution < -0.4 is 5.32 Å². The summed E-state index contributed by atoms with van der Waals surface area (Å²) < 4.78 is 5.13. The van der Waals surface area contributed by atoms with Crippen molar-refractivity contribution in [1.29, 1.82) is 0 Å². The van der Waals surface area contributed by atoms with Crippen molar-refractivity contribution in [2.24, 2.45) is 0 Å². The smallest absolute Gasteiger partial charge is 0.0713 e. The summed E-state index contributed by atoms with van der Waals surface area (Å²) in [6, 6.07) is 9.43. The minimum absolute atomic E-state index is 0.699. The van der Waals surface area contributed by atoms with Crippen LogP contribution in [0.2, 0.25) is 0 Å². The standard InChI is InChI=1S/C16H25NOS/c1-18-12-14-8-6-13(7-9-14)11-17-15-4-3-5-16(10-15)19-2/h6-9,15-17H,3-5,10-12H2,1-2H3. The average Bonchev–Trinajstić information content (AvgIpc) is 2.47. The molecule has 2 unspecified atom stereocenters. The van der Waals surface area contributed by atoms with Crippen molar-refractivity contribution in [3.05, 3.63) is 35.4 Å². The highest BCUT2D eigenvalue weighted by atomic mass is 32.2. The third-order valence-corrected chi connectivity index (χ3v) is 4.98. The lowest BCUT2D eigenvalue weighted by Crippen LogP contribution is -2.34. The molecule has 1 saturated carbocycles. The summed E-state index contributed by atoms with van der Waals surface area (Å²) in [6.07, 6.45) is 7.66. The number of thioether (sulfide) groups is 1. The second kappa shape index (κ2) is 7.93. The summed E-state index contributed by atoms with van der Waals surface area (Å²) >= 11 is 2.02. The van der Waals surface area contributed by atoms with Gasteiger partial charge in [-0.25, -0.2) is 0 Å². The highest BCUT2D eigenvalue weighted by Gasteiger charge is 2.20. The van der Waals surface area contributed by atoms with E-state index in [4.69, 9.17) is 4.74 Å². The van der Waals surface area contributed by atoms with Gasteiger partial charge in [0.2, 0.25) is 0 Å². The summed E-state index contributed by atoms with van der Waals surface area (Å²) in [6.45, 7) is 1.69. The van der Waals surface area contributed by atoms with Crippen molar-refractivity contribution in [2.45, 2.75) is 50.1 Å². The molecule has 2 rings (SSSR count). The SMILES string of the molecule is COCc1ccc(CNC2CCCC(SC)C2)cc1. The highest BCUT2D eigenvalue weighted by molar-refractivity contribution is 7.99. The summed E-state index contributed by atoms with van der Waals surface area (Å²) in [4.78, 5) is 0. The third-order valence-electron chi connectivity index (χ3n) is 3.89. The van der Waals surface area contributed by atoms with Gasteiger partial charge in [0.1, 0.15) is 0 Å². The van der Waals surface area contributed by atoms with Gasteiger partial charge in [-0.1, -0.05) is 30.7 Å². The Bertz CT molecular complexity index is 366. The zero-order chi connectivity index (χ0) is 13.5. The maximum atomic E-state index is 5.13. The Kier molecular flexibility index (Phi) is 6.21. The lowest BCUT2D eigenvalue weighted by molar-refractivity contribution is 0.185. The molecule has 1 N–H and O–H groups in total.